The third kappa shape index (κ3) is 3.36. The lowest BCUT2D eigenvalue weighted by molar-refractivity contribution is -0.384. The number of non-ortho nitro benzene ring substituents is 1. The smallest absolute Gasteiger partial charge is 0.331 e. The summed E-state index contributed by atoms with van der Waals surface area (Å²) < 4.78 is 0. The molecule has 0 saturated heterocycles. The number of nitro groups is 1. The minimum Gasteiger partial charge on any atom is -0.331 e. The van der Waals surface area contributed by atoms with Crippen molar-refractivity contribution in [2.75, 3.05) is 0 Å². The molecule has 7 nitrogen and oxygen atoms in total. The van der Waals surface area contributed by atoms with Crippen molar-refractivity contribution >= 4 is 17.9 Å². The van der Waals surface area contributed by atoms with Crippen LogP contribution in [0.15, 0.2) is 29.4 Å². The van der Waals surface area contributed by atoms with Gasteiger partial charge in [-0.15, -0.1) is 0 Å². The Hall–Kier alpha value is -2.44. The molecule has 0 atom stereocenters. The second kappa shape index (κ2) is 6.13. The maximum atomic E-state index is 12.2. The van der Waals surface area contributed by atoms with Crippen molar-refractivity contribution in [3.8, 4) is 0 Å². The van der Waals surface area contributed by atoms with Crippen LogP contribution in [0.25, 0.3) is 0 Å². The van der Waals surface area contributed by atoms with Crippen molar-refractivity contribution in [2.24, 2.45) is 22.9 Å². The number of benzene rings is 1. The monoisotopic (exact) mass is 342 g/mol. The first kappa shape index (κ1) is 16.1. The normalized spacial score (nSPS) is 32.7. The molecule has 2 N–H and O–H groups in total. The first-order valence-electron chi connectivity index (χ1n) is 8.87. The van der Waals surface area contributed by atoms with Crippen molar-refractivity contribution in [3.63, 3.8) is 0 Å². The number of carbonyl (C=O) groups excluding carboxylic acids is 1. The van der Waals surface area contributed by atoms with E-state index >= 15 is 0 Å². The van der Waals surface area contributed by atoms with Crippen molar-refractivity contribution in [1.82, 2.24) is 10.7 Å². The third-order valence-corrected chi connectivity index (χ3v) is 5.88. The number of urea groups is 1. The molecule has 2 amide bonds. The van der Waals surface area contributed by atoms with Crippen molar-refractivity contribution in [1.29, 1.82) is 0 Å². The molecule has 25 heavy (non-hydrogen) atoms. The summed E-state index contributed by atoms with van der Waals surface area (Å²) in [6, 6.07) is 5.85. The summed E-state index contributed by atoms with van der Waals surface area (Å²) in [5, 5.41) is 17.9. The van der Waals surface area contributed by atoms with Crippen LogP contribution in [0.3, 0.4) is 0 Å². The molecular formula is C18H22N4O3. The number of hydrogen-bond acceptors (Lipinski definition) is 4. The van der Waals surface area contributed by atoms with E-state index in [2.05, 4.69) is 15.8 Å². The maximum Gasteiger partial charge on any atom is 0.335 e. The summed E-state index contributed by atoms with van der Waals surface area (Å²) in [5.74, 6) is 2.29. The summed E-state index contributed by atoms with van der Waals surface area (Å²) in [5.41, 5.74) is 3.02. The minimum absolute atomic E-state index is 0.00182. The molecule has 4 aliphatic carbocycles. The Morgan fingerprint density at radius 3 is 2.44 bits per heavy atom. The van der Waals surface area contributed by atoms with Crippen LogP contribution < -0.4 is 10.7 Å². The van der Waals surface area contributed by atoms with Gasteiger partial charge in [0.1, 0.15) is 0 Å². The summed E-state index contributed by atoms with van der Waals surface area (Å²) in [6.07, 6.45) is 8.66. The first-order valence-corrected chi connectivity index (χ1v) is 8.87. The third-order valence-electron chi connectivity index (χ3n) is 5.88. The number of nitrogens with zero attached hydrogens (tertiary/aromatic N) is 2. The molecule has 0 spiro atoms. The topological polar surface area (TPSA) is 96.6 Å². The predicted molar refractivity (Wildman–Crippen MR) is 93.3 cm³/mol. The molecule has 0 aliphatic heterocycles. The van der Waals surface area contributed by atoms with Crippen molar-refractivity contribution < 1.29 is 9.72 Å². The zero-order valence-electron chi connectivity index (χ0n) is 14.0. The van der Waals surface area contributed by atoms with Gasteiger partial charge in [0.2, 0.25) is 0 Å². The van der Waals surface area contributed by atoms with Crippen LogP contribution in [-0.4, -0.2) is 22.7 Å². The van der Waals surface area contributed by atoms with E-state index in [1.165, 1.54) is 37.6 Å². The first-order chi connectivity index (χ1) is 12.0. The lowest BCUT2D eigenvalue weighted by Crippen LogP contribution is -2.61. The second-order valence-electron chi connectivity index (χ2n) is 7.87. The fourth-order valence-corrected chi connectivity index (χ4v) is 5.42. The Kier molecular flexibility index (Phi) is 3.94. The summed E-state index contributed by atoms with van der Waals surface area (Å²) >= 11 is 0. The van der Waals surface area contributed by atoms with Crippen LogP contribution in [0, 0.1) is 27.9 Å². The maximum absolute atomic E-state index is 12.2. The Morgan fingerprint density at radius 1 is 1.20 bits per heavy atom. The van der Waals surface area contributed by atoms with E-state index in [0.29, 0.717) is 5.56 Å². The highest BCUT2D eigenvalue weighted by atomic mass is 16.6. The SMILES string of the molecule is O=C(N/N=C/c1cccc([N+](=O)[O-])c1)NC12CC3CC(CC(C3)C1)C2. The van der Waals surface area contributed by atoms with Gasteiger partial charge in [0.05, 0.1) is 11.1 Å². The van der Waals surface area contributed by atoms with E-state index in [4.69, 9.17) is 0 Å². The van der Waals surface area contributed by atoms with E-state index < -0.39 is 4.92 Å². The second-order valence-corrected chi connectivity index (χ2v) is 7.87. The number of nitro benzene ring substituents is 1. The van der Waals surface area contributed by atoms with Crippen molar-refractivity contribution in [2.45, 2.75) is 44.1 Å². The molecule has 0 unspecified atom stereocenters. The molecule has 1 aromatic rings. The van der Waals surface area contributed by atoms with E-state index in [1.807, 2.05) is 0 Å². The molecule has 4 fully saturated rings. The Bertz CT molecular complexity index is 696. The van der Waals surface area contributed by atoms with Gasteiger partial charge in [0.25, 0.3) is 5.69 Å². The molecule has 0 aromatic heterocycles. The zero-order chi connectivity index (χ0) is 17.4. The molecule has 4 bridgehead atoms. The van der Waals surface area contributed by atoms with Crippen LogP contribution in [0.1, 0.15) is 44.1 Å². The molecule has 4 aliphatic rings. The quantitative estimate of drug-likeness (QED) is 0.499. The van der Waals surface area contributed by atoms with Gasteiger partial charge in [-0.05, 0) is 56.3 Å². The van der Waals surface area contributed by atoms with E-state index in [1.54, 1.807) is 12.1 Å². The van der Waals surface area contributed by atoms with Gasteiger partial charge in [-0.3, -0.25) is 10.1 Å². The summed E-state index contributed by atoms with van der Waals surface area (Å²) in [7, 11) is 0. The van der Waals surface area contributed by atoms with Crippen LogP contribution in [0.4, 0.5) is 10.5 Å². The largest absolute Gasteiger partial charge is 0.335 e. The van der Waals surface area contributed by atoms with Crippen molar-refractivity contribution in [3.05, 3.63) is 39.9 Å². The van der Waals surface area contributed by atoms with Gasteiger partial charge >= 0.3 is 6.03 Å². The fraction of sp³-hybridized carbons (Fsp3) is 0.556. The van der Waals surface area contributed by atoms with Gasteiger partial charge in [-0.1, -0.05) is 12.1 Å². The van der Waals surface area contributed by atoms with E-state index in [0.717, 1.165) is 37.0 Å². The van der Waals surface area contributed by atoms with Gasteiger partial charge in [-0.25, -0.2) is 10.2 Å². The number of nitrogens with one attached hydrogen (secondary N) is 2. The molecule has 5 rings (SSSR count). The van der Waals surface area contributed by atoms with Crippen LogP contribution >= 0.6 is 0 Å². The van der Waals surface area contributed by atoms with Crippen LogP contribution in [-0.2, 0) is 0 Å². The molecule has 132 valence electrons. The molecule has 7 heteroatoms. The van der Waals surface area contributed by atoms with Gasteiger partial charge in [0, 0.05) is 23.2 Å². The predicted octanol–water partition coefficient (Wildman–Crippen LogP) is 3.20. The molecular weight excluding hydrogens is 320 g/mol. The minimum atomic E-state index is -0.454. The fourth-order valence-electron chi connectivity index (χ4n) is 5.42. The van der Waals surface area contributed by atoms with E-state index in [9.17, 15) is 14.9 Å². The number of rotatable bonds is 4. The summed E-state index contributed by atoms with van der Waals surface area (Å²) in [4.78, 5) is 22.6. The lowest BCUT2D eigenvalue weighted by Gasteiger charge is -2.56. The Labute approximate surface area is 146 Å². The molecule has 0 heterocycles. The zero-order valence-corrected chi connectivity index (χ0v) is 14.0. The lowest BCUT2D eigenvalue weighted by atomic mass is 9.53. The van der Waals surface area contributed by atoms with Gasteiger partial charge in [-0.2, -0.15) is 5.10 Å². The van der Waals surface area contributed by atoms with Gasteiger partial charge in [0.15, 0.2) is 0 Å². The average molecular weight is 342 g/mol. The number of carbonyl (C=O) groups is 1. The molecule has 1 aromatic carbocycles. The standard InChI is InChI=1S/C18H22N4O3/c23-17(21-19-11-12-2-1-3-16(7-12)22(24)25)20-18-8-13-4-14(9-18)6-15(5-13)10-18/h1-3,7,11,13-15H,4-6,8-10H2,(H2,20,21,23)/b19-11+. The highest BCUT2D eigenvalue weighted by molar-refractivity contribution is 5.82. The Balaban J connectivity index is 1.35. The van der Waals surface area contributed by atoms with Gasteiger partial charge < -0.3 is 5.32 Å². The number of hydrazone groups is 1. The Morgan fingerprint density at radius 2 is 1.84 bits per heavy atom. The highest BCUT2D eigenvalue weighted by Crippen LogP contribution is 2.55. The molecule has 4 saturated carbocycles. The van der Waals surface area contributed by atoms with Crippen LogP contribution in [0.5, 0.6) is 0 Å². The summed E-state index contributed by atoms with van der Waals surface area (Å²) in [6.45, 7) is 0. The average Bonchev–Trinajstić information content (AvgIpc) is 2.53. The number of amides is 2. The number of hydrogen-bond donors (Lipinski definition) is 2. The van der Waals surface area contributed by atoms with E-state index in [-0.39, 0.29) is 17.3 Å². The highest BCUT2D eigenvalue weighted by Gasteiger charge is 2.51. The van der Waals surface area contributed by atoms with Crippen LogP contribution in [0.2, 0.25) is 0 Å². The molecule has 0 radical (unpaired) electrons.